The van der Waals surface area contributed by atoms with Gasteiger partial charge < -0.3 is 9.80 Å². The third-order valence-electron chi connectivity index (χ3n) is 17.6. The maximum absolute atomic E-state index is 4.91. The standard InChI is InChI=1S/C79H59N3/c1-78(2)70-47-52(37-43-66(70)68-45-41-60(49-72(68)78)81(74-29-13-21-55-17-5-9-25-62(55)74)75-30-14-22-56-18-6-10-26-63(56)75)33-34-54-36-40-59(80-51-54)39-35-53-38-44-67-69-46-42-61(50-73(69)79(3,4)71(67)48-53)82(76-31-15-23-57-19-7-11-27-64(57)76)77-32-16-24-58-20-8-12-28-65(58)77/h5-51H,1-4H3/b34-33+,39-35+. The van der Waals surface area contributed by atoms with Gasteiger partial charge in [-0.1, -0.05) is 246 Å². The summed E-state index contributed by atoms with van der Waals surface area (Å²) in [4.78, 5) is 9.84. The Hall–Kier alpha value is -10.1. The van der Waals surface area contributed by atoms with Gasteiger partial charge in [-0.15, -0.1) is 0 Å². The molecule has 2 aliphatic rings. The van der Waals surface area contributed by atoms with Gasteiger partial charge in [-0.05, 0) is 143 Å². The zero-order valence-corrected chi connectivity index (χ0v) is 46.5. The first-order valence-electron chi connectivity index (χ1n) is 28.6. The molecule has 390 valence electrons. The van der Waals surface area contributed by atoms with Gasteiger partial charge in [0.25, 0.3) is 0 Å². The predicted molar refractivity (Wildman–Crippen MR) is 349 cm³/mol. The first kappa shape index (κ1) is 49.0. The van der Waals surface area contributed by atoms with Crippen LogP contribution in [0.15, 0.2) is 261 Å². The average Bonchev–Trinajstić information content (AvgIpc) is 3.33. The largest absolute Gasteiger partial charge is 0.309 e. The van der Waals surface area contributed by atoms with E-state index in [2.05, 4.69) is 317 Å². The van der Waals surface area contributed by atoms with Crippen LogP contribution in [0, 0.1) is 0 Å². The predicted octanol–water partition coefficient (Wildman–Crippen LogP) is 21.6. The Labute approximate surface area is 480 Å². The van der Waals surface area contributed by atoms with E-state index < -0.39 is 0 Å². The molecule has 1 aromatic heterocycles. The lowest BCUT2D eigenvalue weighted by Crippen LogP contribution is -2.17. The van der Waals surface area contributed by atoms with E-state index in [0.29, 0.717) is 0 Å². The number of fused-ring (bicyclic) bond motifs is 10. The second-order valence-corrected chi connectivity index (χ2v) is 23.2. The first-order chi connectivity index (χ1) is 40.2. The summed E-state index contributed by atoms with van der Waals surface area (Å²) < 4.78 is 0. The van der Waals surface area contributed by atoms with Gasteiger partial charge in [0.05, 0.1) is 28.4 Å². The highest BCUT2D eigenvalue weighted by Crippen LogP contribution is 2.54. The summed E-state index contributed by atoms with van der Waals surface area (Å²) in [6, 6.07) is 93.7. The highest BCUT2D eigenvalue weighted by molar-refractivity contribution is 6.07. The van der Waals surface area contributed by atoms with E-state index in [0.717, 1.165) is 50.9 Å². The molecule has 0 radical (unpaired) electrons. The number of benzene rings is 12. The van der Waals surface area contributed by atoms with Crippen molar-refractivity contribution in [2.45, 2.75) is 38.5 Å². The van der Waals surface area contributed by atoms with Crippen molar-refractivity contribution in [1.82, 2.24) is 4.98 Å². The molecule has 0 bridgehead atoms. The lowest BCUT2D eigenvalue weighted by molar-refractivity contribution is 0.660. The summed E-state index contributed by atoms with van der Waals surface area (Å²) in [5, 5.41) is 9.77. The van der Waals surface area contributed by atoms with Gasteiger partial charge in [-0.2, -0.15) is 0 Å². The van der Waals surface area contributed by atoms with Gasteiger partial charge in [0.15, 0.2) is 0 Å². The van der Waals surface area contributed by atoms with Crippen molar-refractivity contribution in [2.75, 3.05) is 9.80 Å². The molecule has 0 saturated carbocycles. The van der Waals surface area contributed by atoms with Crippen LogP contribution < -0.4 is 9.80 Å². The Bertz CT molecular complexity index is 4280. The number of anilines is 6. The van der Waals surface area contributed by atoms with Gasteiger partial charge >= 0.3 is 0 Å². The summed E-state index contributed by atoms with van der Waals surface area (Å²) in [5.74, 6) is 0. The van der Waals surface area contributed by atoms with Crippen LogP contribution in [0.2, 0.25) is 0 Å². The molecule has 0 spiro atoms. The van der Waals surface area contributed by atoms with Crippen molar-refractivity contribution in [3.8, 4) is 22.3 Å². The number of rotatable bonds is 10. The van der Waals surface area contributed by atoms with Crippen LogP contribution in [-0.4, -0.2) is 4.98 Å². The molecule has 82 heavy (non-hydrogen) atoms. The molecule has 0 aliphatic heterocycles. The molecule has 15 rings (SSSR count). The zero-order chi connectivity index (χ0) is 55.1. The summed E-state index contributed by atoms with van der Waals surface area (Å²) in [6.45, 7) is 9.49. The van der Waals surface area contributed by atoms with E-state index in [4.69, 9.17) is 4.98 Å². The third-order valence-corrected chi connectivity index (χ3v) is 17.6. The molecule has 13 aromatic rings. The molecule has 0 fully saturated rings. The van der Waals surface area contributed by atoms with E-state index >= 15 is 0 Å². The normalized spacial score (nSPS) is 13.7. The van der Waals surface area contributed by atoms with Gasteiger partial charge in [0.2, 0.25) is 0 Å². The topological polar surface area (TPSA) is 19.4 Å². The van der Waals surface area contributed by atoms with Crippen molar-refractivity contribution in [3.63, 3.8) is 0 Å². The van der Waals surface area contributed by atoms with Gasteiger partial charge in [-0.3, -0.25) is 4.98 Å². The molecule has 0 unspecified atom stereocenters. The van der Waals surface area contributed by atoms with Crippen LogP contribution in [0.4, 0.5) is 34.1 Å². The van der Waals surface area contributed by atoms with E-state index in [-0.39, 0.29) is 10.8 Å². The second kappa shape index (κ2) is 19.3. The fraction of sp³-hybridized carbons (Fsp3) is 0.0759. The maximum Gasteiger partial charge on any atom is 0.0630 e. The molecule has 1 heterocycles. The fourth-order valence-electron chi connectivity index (χ4n) is 13.4. The Kier molecular flexibility index (Phi) is 11.5. The molecule has 3 nitrogen and oxygen atoms in total. The smallest absolute Gasteiger partial charge is 0.0630 e. The molecule has 0 N–H and O–H groups in total. The van der Waals surface area contributed by atoms with Crippen LogP contribution >= 0.6 is 0 Å². The molecule has 0 amide bonds. The number of pyridine rings is 1. The lowest BCUT2D eigenvalue weighted by atomic mass is 9.81. The van der Waals surface area contributed by atoms with Gasteiger partial charge in [-0.25, -0.2) is 0 Å². The number of nitrogens with zero attached hydrogens (tertiary/aromatic N) is 3. The minimum Gasteiger partial charge on any atom is -0.309 e. The molecule has 3 heteroatoms. The van der Waals surface area contributed by atoms with Crippen LogP contribution in [0.25, 0.3) is 89.6 Å². The van der Waals surface area contributed by atoms with Crippen molar-refractivity contribution in [2.24, 2.45) is 0 Å². The summed E-state index contributed by atoms with van der Waals surface area (Å²) in [6.07, 6.45) is 10.7. The summed E-state index contributed by atoms with van der Waals surface area (Å²) >= 11 is 0. The Balaban J connectivity index is 0.679. The number of hydrogen-bond acceptors (Lipinski definition) is 3. The van der Waals surface area contributed by atoms with Crippen molar-refractivity contribution < 1.29 is 0 Å². The van der Waals surface area contributed by atoms with Gasteiger partial charge in [0, 0.05) is 49.9 Å². The fourth-order valence-corrected chi connectivity index (χ4v) is 13.4. The van der Waals surface area contributed by atoms with Gasteiger partial charge in [0.1, 0.15) is 0 Å². The minimum absolute atomic E-state index is 0.218. The molecule has 2 aliphatic carbocycles. The van der Waals surface area contributed by atoms with E-state index in [9.17, 15) is 0 Å². The zero-order valence-electron chi connectivity index (χ0n) is 46.5. The number of aromatic nitrogens is 1. The van der Waals surface area contributed by atoms with Crippen LogP contribution in [-0.2, 0) is 10.8 Å². The van der Waals surface area contributed by atoms with Crippen LogP contribution in [0.5, 0.6) is 0 Å². The van der Waals surface area contributed by atoms with Crippen LogP contribution in [0.3, 0.4) is 0 Å². The monoisotopic (exact) mass is 1050 g/mol. The quantitative estimate of drug-likeness (QED) is 0.136. The van der Waals surface area contributed by atoms with E-state index in [1.54, 1.807) is 0 Å². The molecule has 0 atom stereocenters. The van der Waals surface area contributed by atoms with Crippen molar-refractivity contribution in [3.05, 3.63) is 306 Å². The molecule has 12 aromatic carbocycles. The number of hydrogen-bond donors (Lipinski definition) is 0. The first-order valence-corrected chi connectivity index (χ1v) is 28.6. The summed E-state index contributed by atoms with van der Waals surface area (Å²) in [7, 11) is 0. The Morgan fingerprint density at radius 2 is 0.610 bits per heavy atom. The minimum atomic E-state index is -0.221. The van der Waals surface area contributed by atoms with Crippen molar-refractivity contribution >= 4 is 102 Å². The molecular weight excluding hydrogens is 991 g/mol. The molecule has 0 saturated heterocycles. The maximum atomic E-state index is 4.91. The van der Waals surface area contributed by atoms with Crippen molar-refractivity contribution in [1.29, 1.82) is 0 Å². The second-order valence-electron chi connectivity index (χ2n) is 23.2. The third kappa shape index (κ3) is 8.14. The average molecular weight is 1050 g/mol. The Morgan fingerprint density at radius 3 is 0.988 bits per heavy atom. The van der Waals surface area contributed by atoms with E-state index in [1.807, 2.05) is 6.20 Å². The lowest BCUT2D eigenvalue weighted by Gasteiger charge is -2.30. The molecular formula is C79H59N3. The highest BCUT2D eigenvalue weighted by atomic mass is 15.2. The van der Waals surface area contributed by atoms with Crippen LogP contribution in [0.1, 0.15) is 72.3 Å². The summed E-state index contributed by atoms with van der Waals surface area (Å²) in [5.41, 5.74) is 21.3. The highest BCUT2D eigenvalue weighted by Gasteiger charge is 2.38. The Morgan fingerprint density at radius 1 is 0.293 bits per heavy atom. The SMILES string of the molecule is CC1(C)c2cc(/C=C/c3ccc(/C=C/c4ccc5c(c4)C(C)(C)c4cc(N(c6cccc7ccccc67)c6cccc7ccccc67)ccc4-5)nc3)ccc2-c2ccc(N(c3cccc4ccccc34)c3cccc4ccccc34)cc21. The van der Waals surface area contributed by atoms with E-state index in [1.165, 1.54) is 93.2 Å².